The van der Waals surface area contributed by atoms with Crippen LogP contribution in [0.15, 0.2) is 53.2 Å². The van der Waals surface area contributed by atoms with Gasteiger partial charge in [0.25, 0.3) is 0 Å². The molecule has 13 heteroatoms. The van der Waals surface area contributed by atoms with Crippen molar-refractivity contribution in [3.05, 3.63) is 73.7 Å². The molecule has 0 radical (unpaired) electrons. The molecule has 3 aromatic rings. The Balaban J connectivity index is 1.44. The van der Waals surface area contributed by atoms with Crippen molar-refractivity contribution in [2.24, 2.45) is 0 Å². The second-order valence-electron chi connectivity index (χ2n) is 8.68. The molecule has 8 nitrogen and oxygen atoms in total. The van der Waals surface area contributed by atoms with Crippen LogP contribution in [0, 0.1) is 0 Å². The number of thiophene rings is 1. The summed E-state index contributed by atoms with van der Waals surface area (Å²) in [4.78, 5) is 23.8. The quantitative estimate of drug-likeness (QED) is 0.159. The molecule has 1 aliphatic rings. The molecular weight excluding hydrogens is 651 g/mol. The van der Waals surface area contributed by atoms with Gasteiger partial charge in [-0.15, -0.1) is 11.3 Å². The number of halogens is 3. The summed E-state index contributed by atoms with van der Waals surface area (Å²) in [5, 5.41) is 4.29. The van der Waals surface area contributed by atoms with Gasteiger partial charge in [-0.1, -0.05) is 35.3 Å². The van der Waals surface area contributed by atoms with Gasteiger partial charge in [-0.05, 0) is 70.2 Å². The predicted molar refractivity (Wildman–Crippen MR) is 157 cm³/mol. The first-order valence-corrected chi connectivity index (χ1v) is 15.6. The van der Waals surface area contributed by atoms with Crippen LogP contribution in [0.3, 0.4) is 0 Å². The van der Waals surface area contributed by atoms with Crippen molar-refractivity contribution >= 4 is 78.1 Å². The number of carbonyl (C=O) groups excluding carboxylic acids is 2. The summed E-state index contributed by atoms with van der Waals surface area (Å²) in [7, 11) is -2.26. The maximum absolute atomic E-state index is 13.0. The molecule has 39 heavy (non-hydrogen) atoms. The number of methoxy groups -OCH3 is 1. The SMILES string of the molecule is COC(=O)c1sc(-c2cccc(NC3CCN(S(=O)(=O)Cc4cc(Cl)cc(Cl)c4)CC3)c2)c(Br)c1OC=C=O. The normalized spacial score (nSPS) is 14.5. The standard InChI is InChI=1S/C26H23BrCl2N2O6S2/c1-36-26(33)25-23(37-10-9-32)22(27)24(38-25)17-3-2-4-21(13-17)30-20-5-7-31(8-6-20)39(34,35)15-16-11-18(28)14-19(29)12-16/h2-4,10-14,20,30H,5-8,15H2,1H3. The number of esters is 1. The van der Waals surface area contributed by atoms with E-state index in [4.69, 9.17) is 32.7 Å². The molecule has 1 saturated heterocycles. The Bertz CT molecular complexity index is 1510. The minimum Gasteiger partial charge on any atom is -0.465 e. The van der Waals surface area contributed by atoms with E-state index in [0.717, 1.165) is 22.4 Å². The van der Waals surface area contributed by atoms with Gasteiger partial charge < -0.3 is 14.8 Å². The third-order valence-electron chi connectivity index (χ3n) is 6.02. The molecule has 0 bridgehead atoms. The molecule has 0 aliphatic carbocycles. The van der Waals surface area contributed by atoms with Crippen molar-refractivity contribution in [2.45, 2.75) is 24.6 Å². The number of anilines is 1. The first-order valence-electron chi connectivity index (χ1n) is 11.7. The van der Waals surface area contributed by atoms with Gasteiger partial charge in [0.2, 0.25) is 10.0 Å². The monoisotopic (exact) mass is 672 g/mol. The molecule has 2 aromatic carbocycles. The van der Waals surface area contributed by atoms with E-state index in [1.165, 1.54) is 28.7 Å². The van der Waals surface area contributed by atoms with E-state index >= 15 is 0 Å². The number of nitrogens with one attached hydrogen (secondary N) is 1. The van der Waals surface area contributed by atoms with Crippen LogP contribution in [0.2, 0.25) is 10.0 Å². The van der Waals surface area contributed by atoms with E-state index < -0.39 is 16.0 Å². The Hall–Kier alpha value is -2.37. The van der Waals surface area contributed by atoms with E-state index in [2.05, 4.69) is 21.2 Å². The third kappa shape index (κ3) is 7.24. The first-order chi connectivity index (χ1) is 18.6. The van der Waals surface area contributed by atoms with Crippen LogP contribution in [0.4, 0.5) is 5.69 Å². The fourth-order valence-corrected chi connectivity index (χ4v) is 8.30. The Labute approximate surface area is 248 Å². The lowest BCUT2D eigenvalue weighted by Gasteiger charge is -2.32. The lowest BCUT2D eigenvalue weighted by Crippen LogP contribution is -2.42. The summed E-state index contributed by atoms with van der Waals surface area (Å²) in [6.45, 7) is 0.774. The molecule has 206 valence electrons. The Kier molecular flexibility index (Phi) is 9.77. The molecule has 0 unspecified atom stereocenters. The summed E-state index contributed by atoms with van der Waals surface area (Å²) in [5.74, 6) is 0.962. The molecule has 0 spiro atoms. The van der Waals surface area contributed by atoms with Gasteiger partial charge in [0.05, 0.1) is 22.2 Å². The Morgan fingerprint density at radius 2 is 1.90 bits per heavy atom. The molecule has 1 fully saturated rings. The number of carbonyl (C=O) groups is 1. The second kappa shape index (κ2) is 12.9. The number of hydrogen-bond donors (Lipinski definition) is 1. The fourth-order valence-electron chi connectivity index (χ4n) is 4.26. The molecule has 1 N–H and O–H groups in total. The van der Waals surface area contributed by atoms with E-state index in [9.17, 15) is 18.0 Å². The highest BCUT2D eigenvalue weighted by atomic mass is 79.9. The summed E-state index contributed by atoms with van der Waals surface area (Å²) in [6, 6.07) is 12.5. The molecule has 1 aliphatic heterocycles. The zero-order chi connectivity index (χ0) is 28.2. The van der Waals surface area contributed by atoms with Gasteiger partial charge in [-0.2, -0.15) is 0 Å². The summed E-state index contributed by atoms with van der Waals surface area (Å²) in [6.07, 6.45) is 2.09. The number of sulfonamides is 1. The van der Waals surface area contributed by atoms with Gasteiger partial charge in [-0.25, -0.2) is 22.3 Å². The van der Waals surface area contributed by atoms with Gasteiger partial charge in [0.15, 0.2) is 22.8 Å². The van der Waals surface area contributed by atoms with Crippen molar-refractivity contribution in [1.29, 1.82) is 0 Å². The van der Waals surface area contributed by atoms with E-state index in [0.29, 0.717) is 46.0 Å². The summed E-state index contributed by atoms with van der Waals surface area (Å²) in [5.41, 5.74) is 2.21. The van der Waals surface area contributed by atoms with Crippen LogP contribution in [-0.4, -0.2) is 50.9 Å². The molecule has 0 amide bonds. The molecular formula is C26H23BrCl2N2O6S2. The molecule has 2 heterocycles. The van der Waals surface area contributed by atoms with Gasteiger partial charge in [0, 0.05) is 34.9 Å². The zero-order valence-corrected chi connectivity index (χ0v) is 25.3. The van der Waals surface area contributed by atoms with Crippen LogP contribution >= 0.6 is 50.5 Å². The van der Waals surface area contributed by atoms with Crippen molar-refractivity contribution in [3.8, 4) is 16.2 Å². The van der Waals surface area contributed by atoms with Crippen molar-refractivity contribution in [2.75, 3.05) is 25.5 Å². The van der Waals surface area contributed by atoms with Crippen LogP contribution < -0.4 is 10.1 Å². The summed E-state index contributed by atoms with van der Waals surface area (Å²) < 4.78 is 38.2. The number of benzene rings is 2. The number of nitrogens with zero attached hydrogens (tertiary/aromatic N) is 1. The summed E-state index contributed by atoms with van der Waals surface area (Å²) >= 11 is 16.7. The molecule has 0 saturated carbocycles. The maximum Gasteiger partial charge on any atom is 0.351 e. The van der Waals surface area contributed by atoms with Crippen molar-refractivity contribution in [3.63, 3.8) is 0 Å². The fraction of sp³-hybridized carbons (Fsp3) is 0.269. The van der Waals surface area contributed by atoms with E-state index in [1.807, 2.05) is 24.3 Å². The Morgan fingerprint density at radius 3 is 2.54 bits per heavy atom. The van der Waals surface area contributed by atoms with Crippen molar-refractivity contribution in [1.82, 2.24) is 4.31 Å². The van der Waals surface area contributed by atoms with Crippen molar-refractivity contribution < 1.29 is 27.5 Å². The molecule has 0 atom stereocenters. The average Bonchev–Trinajstić information content (AvgIpc) is 3.22. The predicted octanol–water partition coefficient (Wildman–Crippen LogP) is 6.40. The highest BCUT2D eigenvalue weighted by Gasteiger charge is 2.29. The first kappa shape index (κ1) is 29.6. The maximum atomic E-state index is 13.0. The minimum atomic E-state index is -3.52. The van der Waals surface area contributed by atoms with Crippen LogP contribution in [0.25, 0.3) is 10.4 Å². The number of ether oxygens (including phenoxy) is 2. The third-order valence-corrected chi connectivity index (χ3v) is 10.5. The van der Waals surface area contributed by atoms with Crippen LogP contribution in [0.1, 0.15) is 28.1 Å². The van der Waals surface area contributed by atoms with Crippen LogP contribution in [0.5, 0.6) is 5.75 Å². The highest BCUT2D eigenvalue weighted by Crippen LogP contribution is 2.46. The highest BCUT2D eigenvalue weighted by molar-refractivity contribution is 9.10. The number of hydrogen-bond acceptors (Lipinski definition) is 8. The lowest BCUT2D eigenvalue weighted by atomic mass is 10.1. The molecule has 1 aromatic heterocycles. The van der Waals surface area contributed by atoms with Gasteiger partial charge in [0.1, 0.15) is 0 Å². The van der Waals surface area contributed by atoms with Gasteiger partial charge >= 0.3 is 5.97 Å². The lowest BCUT2D eigenvalue weighted by molar-refractivity contribution is 0.0603. The Morgan fingerprint density at radius 1 is 1.21 bits per heavy atom. The number of rotatable bonds is 9. The smallest absolute Gasteiger partial charge is 0.351 e. The zero-order valence-electron chi connectivity index (χ0n) is 20.6. The van der Waals surface area contributed by atoms with E-state index in [-0.39, 0.29) is 22.4 Å². The topological polar surface area (TPSA) is 102 Å². The number of piperidine rings is 1. The minimum absolute atomic E-state index is 0.0707. The second-order valence-corrected chi connectivity index (χ2v) is 13.3. The van der Waals surface area contributed by atoms with Gasteiger partial charge in [-0.3, -0.25) is 0 Å². The van der Waals surface area contributed by atoms with Crippen LogP contribution in [-0.2, 0) is 25.3 Å². The largest absolute Gasteiger partial charge is 0.465 e. The molecule has 4 rings (SSSR count). The van der Waals surface area contributed by atoms with E-state index in [1.54, 1.807) is 18.2 Å². The average molecular weight is 674 g/mol.